The summed E-state index contributed by atoms with van der Waals surface area (Å²) in [7, 11) is 0. The second-order valence-electron chi connectivity index (χ2n) is 2.29. The van der Waals surface area contributed by atoms with Gasteiger partial charge in [0, 0.05) is 12.1 Å². The molecule has 0 unspecified atom stereocenters. The molecule has 0 saturated heterocycles. The van der Waals surface area contributed by atoms with Crippen molar-refractivity contribution in [3.05, 3.63) is 34.4 Å². The lowest BCUT2D eigenvalue weighted by atomic mass is 10.3. The van der Waals surface area contributed by atoms with Crippen LogP contribution in [0.1, 0.15) is 0 Å². The van der Waals surface area contributed by atoms with Crippen LogP contribution in [0.5, 0.6) is 0 Å². The fourth-order valence-electron chi connectivity index (χ4n) is 0.772. The third kappa shape index (κ3) is 3.84. The fraction of sp³-hybridized carbons (Fsp3) is 0. The van der Waals surface area contributed by atoms with E-state index < -0.39 is 10.0 Å². The molecule has 0 spiro atoms. The molecule has 76 valence electrons. The Kier molecular flexibility index (Phi) is 3.78. The van der Waals surface area contributed by atoms with E-state index >= 15 is 0 Å². The third-order valence-corrected chi connectivity index (χ3v) is 2.43. The van der Waals surface area contributed by atoms with Gasteiger partial charge in [-0.2, -0.15) is 0 Å². The molecule has 0 heterocycles. The quantitative estimate of drug-likeness (QED) is 0.437. The van der Waals surface area contributed by atoms with Gasteiger partial charge in [-0.15, -0.1) is 0 Å². The van der Waals surface area contributed by atoms with Gasteiger partial charge in [0.05, 0.1) is 10.6 Å². The highest BCUT2D eigenvalue weighted by atomic mass is 36.0. The molecule has 0 aromatic heterocycles. The number of rotatable bonds is 2. The van der Waals surface area contributed by atoms with Gasteiger partial charge in [-0.05, 0) is 45.9 Å². The standard InChI is InChI=1S/C6H4Cl3N2O2P/c7-14(8,9)10-5-1-3-6(4-2-5)11(12)13/h1-4H. The number of nitro benzene ring substituents is 1. The van der Waals surface area contributed by atoms with Crippen molar-refractivity contribution in [3.63, 3.8) is 0 Å². The number of hydrogen-bond acceptors (Lipinski definition) is 3. The first-order valence-electron chi connectivity index (χ1n) is 3.34. The van der Waals surface area contributed by atoms with Crippen molar-refractivity contribution in [1.82, 2.24) is 0 Å². The van der Waals surface area contributed by atoms with E-state index in [4.69, 9.17) is 33.7 Å². The molecule has 0 aliphatic carbocycles. The Morgan fingerprint density at radius 1 is 1.21 bits per heavy atom. The molecule has 0 atom stereocenters. The molecule has 0 fully saturated rings. The molecular formula is C6H4Cl3N2O2P. The zero-order valence-electron chi connectivity index (χ0n) is 6.60. The van der Waals surface area contributed by atoms with E-state index in [1.54, 1.807) is 0 Å². The Morgan fingerprint density at radius 3 is 2.07 bits per heavy atom. The Labute approximate surface area is 94.4 Å². The maximum Gasteiger partial charge on any atom is 0.269 e. The van der Waals surface area contributed by atoms with Crippen LogP contribution >= 0.6 is 38.8 Å². The molecule has 0 saturated carbocycles. The van der Waals surface area contributed by atoms with Gasteiger partial charge in [-0.3, -0.25) is 10.1 Å². The smallest absolute Gasteiger partial charge is 0.258 e. The Bertz CT molecular complexity index is 392. The van der Waals surface area contributed by atoms with E-state index in [0.717, 1.165) is 0 Å². The van der Waals surface area contributed by atoms with Crippen LogP contribution in [0.15, 0.2) is 29.0 Å². The van der Waals surface area contributed by atoms with Gasteiger partial charge in [0.25, 0.3) is 5.69 Å². The number of halogens is 3. The third-order valence-electron chi connectivity index (χ3n) is 1.29. The summed E-state index contributed by atoms with van der Waals surface area (Å²) in [6.45, 7) is 0. The van der Waals surface area contributed by atoms with Crippen molar-refractivity contribution < 1.29 is 4.92 Å². The highest BCUT2D eigenvalue weighted by Gasteiger charge is 2.07. The summed E-state index contributed by atoms with van der Waals surface area (Å²) in [4.78, 5) is 9.80. The lowest BCUT2D eigenvalue weighted by molar-refractivity contribution is -0.384. The molecule has 0 N–H and O–H groups in total. The van der Waals surface area contributed by atoms with Crippen LogP contribution in [-0.4, -0.2) is 4.92 Å². The van der Waals surface area contributed by atoms with Gasteiger partial charge >= 0.3 is 0 Å². The zero-order valence-corrected chi connectivity index (χ0v) is 9.76. The van der Waals surface area contributed by atoms with E-state index in [1.807, 2.05) is 0 Å². The maximum atomic E-state index is 10.3. The molecule has 1 aromatic rings. The minimum Gasteiger partial charge on any atom is -0.258 e. The second kappa shape index (κ2) is 4.49. The minimum absolute atomic E-state index is 0.0217. The van der Waals surface area contributed by atoms with Gasteiger partial charge in [0.15, 0.2) is 0 Å². The van der Waals surface area contributed by atoms with Gasteiger partial charge < -0.3 is 0 Å². The van der Waals surface area contributed by atoms with Gasteiger partial charge in [-0.1, -0.05) is 0 Å². The molecule has 0 amide bonds. The van der Waals surface area contributed by atoms with Crippen LogP contribution < -0.4 is 0 Å². The van der Waals surface area contributed by atoms with E-state index in [9.17, 15) is 10.1 Å². The van der Waals surface area contributed by atoms with E-state index in [0.29, 0.717) is 5.69 Å². The van der Waals surface area contributed by atoms with Gasteiger partial charge in [0.2, 0.25) is 5.11 Å². The zero-order chi connectivity index (χ0) is 10.8. The van der Waals surface area contributed by atoms with Gasteiger partial charge in [-0.25, -0.2) is 4.74 Å². The van der Waals surface area contributed by atoms with E-state index in [1.165, 1.54) is 24.3 Å². The Balaban J connectivity index is 3.01. The summed E-state index contributed by atoms with van der Waals surface area (Å²) in [5.41, 5.74) is 0.399. The van der Waals surface area contributed by atoms with E-state index in [-0.39, 0.29) is 5.69 Å². The van der Waals surface area contributed by atoms with E-state index in [2.05, 4.69) is 4.74 Å². The number of nitro groups is 1. The highest BCUT2D eigenvalue weighted by Crippen LogP contribution is 2.66. The first-order valence-corrected chi connectivity index (χ1v) is 7.80. The van der Waals surface area contributed by atoms with Crippen LogP contribution in [0.25, 0.3) is 0 Å². The summed E-state index contributed by atoms with van der Waals surface area (Å²) in [5.74, 6) is 0. The highest BCUT2D eigenvalue weighted by molar-refractivity contribution is 8.26. The molecule has 8 heteroatoms. The molecule has 0 bridgehead atoms. The normalized spacial score (nSPS) is 11.1. The first kappa shape index (κ1) is 11.8. The summed E-state index contributed by atoms with van der Waals surface area (Å²) in [5, 5.41) is 7.50. The predicted molar refractivity (Wildman–Crippen MR) is 59.7 cm³/mol. The first-order chi connectivity index (χ1) is 6.38. The Hall–Kier alpha value is -0.280. The van der Waals surface area contributed by atoms with Crippen molar-refractivity contribution in [3.8, 4) is 0 Å². The van der Waals surface area contributed by atoms with Crippen molar-refractivity contribution in [1.29, 1.82) is 0 Å². The molecule has 4 nitrogen and oxygen atoms in total. The number of nitrogens with zero attached hydrogens (tertiary/aromatic N) is 2. The second-order valence-corrected chi connectivity index (χ2v) is 9.29. The molecule has 1 rings (SSSR count). The lowest BCUT2D eigenvalue weighted by Crippen LogP contribution is -1.85. The number of hydrogen-bond donors (Lipinski definition) is 0. The van der Waals surface area contributed by atoms with Crippen LogP contribution in [0.2, 0.25) is 0 Å². The number of non-ortho nitro benzene ring substituents is 1. The van der Waals surface area contributed by atoms with Crippen molar-refractivity contribution >= 4 is 50.2 Å². The fourth-order valence-corrected chi connectivity index (χ4v) is 1.95. The summed E-state index contributed by atoms with van der Waals surface area (Å²) in [6, 6.07) is 5.47. The van der Waals surface area contributed by atoms with Crippen LogP contribution in [0, 0.1) is 10.1 Å². The average Bonchev–Trinajstić information content (AvgIpc) is 2.02. The van der Waals surface area contributed by atoms with Crippen molar-refractivity contribution in [2.75, 3.05) is 0 Å². The summed E-state index contributed by atoms with van der Waals surface area (Å²) < 4.78 is 3.78. The molecule has 1 aromatic carbocycles. The minimum atomic E-state index is -2.80. The van der Waals surface area contributed by atoms with Crippen LogP contribution in [-0.2, 0) is 0 Å². The average molecular weight is 273 g/mol. The topological polar surface area (TPSA) is 55.5 Å². The van der Waals surface area contributed by atoms with Crippen LogP contribution in [0.3, 0.4) is 0 Å². The van der Waals surface area contributed by atoms with Crippen molar-refractivity contribution in [2.24, 2.45) is 4.74 Å². The summed E-state index contributed by atoms with van der Waals surface area (Å²) >= 11 is 16.5. The molecule has 14 heavy (non-hydrogen) atoms. The van der Waals surface area contributed by atoms with Crippen LogP contribution in [0.4, 0.5) is 11.4 Å². The largest absolute Gasteiger partial charge is 0.269 e. The van der Waals surface area contributed by atoms with Crippen molar-refractivity contribution in [2.45, 2.75) is 0 Å². The lowest BCUT2D eigenvalue weighted by Gasteiger charge is -1.97. The SMILES string of the molecule is O=[N+]([O-])c1ccc(N=P(Cl)(Cl)Cl)cc1. The predicted octanol–water partition coefficient (Wildman–Crippen LogP) is 4.89. The molecule has 0 aliphatic heterocycles. The molecule has 0 radical (unpaired) electrons. The van der Waals surface area contributed by atoms with Gasteiger partial charge in [0.1, 0.15) is 0 Å². The molecule has 0 aliphatic rings. The number of benzene rings is 1. The maximum absolute atomic E-state index is 10.3. The Morgan fingerprint density at radius 2 is 1.71 bits per heavy atom. The monoisotopic (exact) mass is 272 g/mol. The summed E-state index contributed by atoms with van der Waals surface area (Å²) in [6.07, 6.45) is 0. The molecular weight excluding hydrogens is 269 g/mol.